The molecule has 1 saturated heterocycles. The summed E-state index contributed by atoms with van der Waals surface area (Å²) in [5, 5.41) is 0. The minimum atomic E-state index is -4.48. The first-order chi connectivity index (χ1) is 12.6. The summed E-state index contributed by atoms with van der Waals surface area (Å²) < 4.78 is 67.8. The summed E-state index contributed by atoms with van der Waals surface area (Å²) >= 11 is 0. The molecule has 0 radical (unpaired) electrons. The van der Waals surface area contributed by atoms with Crippen molar-refractivity contribution in [3.63, 3.8) is 0 Å². The second kappa shape index (κ2) is 7.16. The van der Waals surface area contributed by atoms with Crippen molar-refractivity contribution >= 4 is 15.7 Å². The molecule has 1 N–H and O–H groups in total. The van der Waals surface area contributed by atoms with Crippen LogP contribution in [-0.2, 0) is 16.2 Å². The zero-order valence-electron chi connectivity index (χ0n) is 15.0. The van der Waals surface area contributed by atoms with E-state index in [-0.39, 0.29) is 22.1 Å². The van der Waals surface area contributed by atoms with Crippen LogP contribution in [0.4, 0.5) is 18.9 Å². The zero-order valence-corrected chi connectivity index (χ0v) is 15.9. The van der Waals surface area contributed by atoms with Crippen LogP contribution in [0.1, 0.15) is 29.0 Å². The molecule has 0 spiro atoms. The Hall–Kier alpha value is -2.06. The van der Waals surface area contributed by atoms with Crippen molar-refractivity contribution in [1.29, 1.82) is 0 Å². The fourth-order valence-electron chi connectivity index (χ4n) is 3.41. The Kier molecular flexibility index (Phi) is 5.22. The molecular weight excluding hydrogens is 377 g/mol. The van der Waals surface area contributed by atoms with Gasteiger partial charge in [0.05, 0.1) is 10.5 Å². The van der Waals surface area contributed by atoms with Crippen LogP contribution in [0.25, 0.3) is 0 Å². The van der Waals surface area contributed by atoms with Gasteiger partial charge in [-0.1, -0.05) is 12.1 Å². The second-order valence-electron chi connectivity index (χ2n) is 6.97. The van der Waals surface area contributed by atoms with Crippen molar-refractivity contribution in [2.45, 2.75) is 30.3 Å². The summed E-state index contributed by atoms with van der Waals surface area (Å²) in [6, 6.07) is 9.80. The molecule has 1 aliphatic heterocycles. The van der Waals surface area contributed by atoms with E-state index in [0.717, 1.165) is 11.6 Å². The maximum atomic E-state index is 13.4. The molecule has 0 aliphatic carbocycles. The van der Waals surface area contributed by atoms with Gasteiger partial charge in [-0.15, -0.1) is 0 Å². The lowest BCUT2D eigenvalue weighted by Gasteiger charge is -2.19. The average molecular weight is 398 g/mol. The number of sulfonamides is 1. The maximum Gasteiger partial charge on any atom is 0.416 e. The van der Waals surface area contributed by atoms with E-state index in [4.69, 9.17) is 0 Å². The minimum absolute atomic E-state index is 0.0737. The van der Waals surface area contributed by atoms with E-state index >= 15 is 0 Å². The van der Waals surface area contributed by atoms with Crippen LogP contribution in [0.15, 0.2) is 47.4 Å². The molecule has 8 heteroatoms. The molecule has 27 heavy (non-hydrogen) atoms. The summed E-state index contributed by atoms with van der Waals surface area (Å²) in [6.45, 7) is 2.99. The van der Waals surface area contributed by atoms with Crippen LogP contribution in [0.5, 0.6) is 0 Å². The van der Waals surface area contributed by atoms with Crippen LogP contribution in [0.3, 0.4) is 0 Å². The van der Waals surface area contributed by atoms with Gasteiger partial charge < -0.3 is 4.90 Å². The van der Waals surface area contributed by atoms with Crippen molar-refractivity contribution in [3.8, 4) is 0 Å². The molecule has 0 bridgehead atoms. The van der Waals surface area contributed by atoms with Crippen LogP contribution >= 0.6 is 0 Å². The van der Waals surface area contributed by atoms with Crippen molar-refractivity contribution < 1.29 is 21.6 Å². The summed E-state index contributed by atoms with van der Waals surface area (Å²) in [6.07, 6.45) is -3.88. The lowest BCUT2D eigenvalue weighted by Crippen LogP contribution is -2.18. The fourth-order valence-corrected chi connectivity index (χ4v) is 4.56. The first-order valence-electron chi connectivity index (χ1n) is 8.55. The predicted octanol–water partition coefficient (Wildman–Crippen LogP) is 4.23. The first kappa shape index (κ1) is 19.7. The molecule has 1 fully saturated rings. The van der Waals surface area contributed by atoms with E-state index in [1.165, 1.54) is 24.3 Å². The monoisotopic (exact) mass is 398 g/mol. The maximum absolute atomic E-state index is 13.4. The summed E-state index contributed by atoms with van der Waals surface area (Å²) in [5.74, 6) is -0.282. The highest BCUT2D eigenvalue weighted by molar-refractivity contribution is 7.92. The molecule has 1 heterocycles. The standard InChI is InChI=1S/C19H21F3N2O2S/c1-13-4-3-5-16(10-13)27(25,26)23-15-6-7-18(19(20,21)22)17(11-15)14-8-9-24(2)12-14/h3-7,10-11,14,23H,8-9,12H2,1-2H3. The van der Waals surface area contributed by atoms with Gasteiger partial charge in [0.15, 0.2) is 0 Å². The number of aryl methyl sites for hydroxylation is 1. The Bertz CT molecular complexity index is 942. The molecule has 0 aromatic heterocycles. The summed E-state index contributed by atoms with van der Waals surface area (Å²) in [7, 11) is -2.02. The number of halogens is 3. The molecule has 1 atom stereocenters. The predicted molar refractivity (Wildman–Crippen MR) is 98.3 cm³/mol. The first-order valence-corrected chi connectivity index (χ1v) is 10.0. The van der Waals surface area contributed by atoms with Crippen molar-refractivity contribution in [2.75, 3.05) is 24.9 Å². The molecule has 1 aliphatic rings. The topological polar surface area (TPSA) is 49.4 Å². The van der Waals surface area contributed by atoms with Gasteiger partial charge in [-0.25, -0.2) is 8.42 Å². The molecule has 4 nitrogen and oxygen atoms in total. The van der Waals surface area contributed by atoms with Gasteiger partial charge in [0, 0.05) is 12.2 Å². The third-order valence-electron chi connectivity index (χ3n) is 4.74. The number of rotatable bonds is 4. The number of nitrogens with one attached hydrogen (secondary N) is 1. The smallest absolute Gasteiger partial charge is 0.306 e. The van der Waals surface area contributed by atoms with E-state index < -0.39 is 21.8 Å². The number of benzene rings is 2. The molecule has 146 valence electrons. The lowest BCUT2D eigenvalue weighted by molar-refractivity contribution is -0.138. The van der Waals surface area contributed by atoms with Crippen molar-refractivity contribution in [2.24, 2.45) is 0 Å². The molecule has 1 unspecified atom stereocenters. The third-order valence-corrected chi connectivity index (χ3v) is 6.12. The Balaban J connectivity index is 1.97. The zero-order chi connectivity index (χ0) is 19.8. The Morgan fingerprint density at radius 1 is 1.15 bits per heavy atom. The summed E-state index contributed by atoms with van der Waals surface area (Å²) in [5.41, 5.74) is 0.339. The van der Waals surface area contributed by atoms with Crippen LogP contribution in [0.2, 0.25) is 0 Å². The van der Waals surface area contributed by atoms with E-state index in [2.05, 4.69) is 4.72 Å². The number of hydrogen-bond donors (Lipinski definition) is 1. The van der Waals surface area contributed by atoms with Gasteiger partial charge in [0.2, 0.25) is 0 Å². The average Bonchev–Trinajstić information content (AvgIpc) is 3.00. The Morgan fingerprint density at radius 2 is 1.89 bits per heavy atom. The molecule has 0 amide bonds. The van der Waals surface area contributed by atoms with E-state index in [0.29, 0.717) is 19.5 Å². The number of likely N-dealkylation sites (tertiary alicyclic amines) is 1. The number of anilines is 1. The quantitative estimate of drug-likeness (QED) is 0.838. The fraction of sp³-hybridized carbons (Fsp3) is 0.368. The van der Waals surface area contributed by atoms with E-state index in [1.54, 1.807) is 19.1 Å². The van der Waals surface area contributed by atoms with Gasteiger partial charge >= 0.3 is 6.18 Å². The van der Waals surface area contributed by atoms with E-state index in [9.17, 15) is 21.6 Å². The van der Waals surface area contributed by atoms with Gasteiger partial charge in [-0.3, -0.25) is 4.72 Å². The Labute approximate surface area is 157 Å². The van der Waals surface area contributed by atoms with Crippen molar-refractivity contribution in [1.82, 2.24) is 4.90 Å². The van der Waals surface area contributed by atoms with Gasteiger partial charge in [0.25, 0.3) is 10.0 Å². The number of nitrogens with zero attached hydrogens (tertiary/aromatic N) is 1. The Morgan fingerprint density at radius 3 is 2.48 bits per heavy atom. The van der Waals surface area contributed by atoms with Crippen LogP contribution in [0, 0.1) is 6.92 Å². The van der Waals surface area contributed by atoms with Crippen LogP contribution < -0.4 is 4.72 Å². The van der Waals surface area contributed by atoms with Gasteiger partial charge in [0.1, 0.15) is 0 Å². The lowest BCUT2D eigenvalue weighted by atomic mass is 9.92. The number of hydrogen-bond acceptors (Lipinski definition) is 3. The van der Waals surface area contributed by atoms with Crippen molar-refractivity contribution in [3.05, 3.63) is 59.2 Å². The molecule has 2 aromatic rings. The normalized spacial score (nSPS) is 18.6. The number of likely N-dealkylation sites (N-methyl/N-ethyl adjacent to an activating group) is 1. The summed E-state index contributed by atoms with van der Waals surface area (Å²) in [4.78, 5) is 2.04. The van der Waals surface area contributed by atoms with Gasteiger partial charge in [-0.2, -0.15) is 13.2 Å². The molecule has 0 saturated carbocycles. The highest BCUT2D eigenvalue weighted by atomic mass is 32.2. The van der Waals surface area contributed by atoms with Gasteiger partial charge in [-0.05, 0) is 74.3 Å². The molecular formula is C19H21F3N2O2S. The van der Waals surface area contributed by atoms with Crippen LogP contribution in [-0.4, -0.2) is 33.5 Å². The third kappa shape index (κ3) is 4.44. The molecule has 3 rings (SSSR count). The second-order valence-corrected chi connectivity index (χ2v) is 8.65. The minimum Gasteiger partial charge on any atom is -0.306 e. The SMILES string of the molecule is Cc1cccc(S(=O)(=O)Nc2ccc(C(F)(F)F)c(C3CCN(C)C3)c2)c1. The highest BCUT2D eigenvalue weighted by Gasteiger charge is 2.36. The molecule has 2 aromatic carbocycles. The largest absolute Gasteiger partial charge is 0.416 e. The van der Waals surface area contributed by atoms with E-state index in [1.807, 2.05) is 11.9 Å². The highest BCUT2D eigenvalue weighted by Crippen LogP contribution is 2.39. The number of alkyl halides is 3.